The van der Waals surface area contributed by atoms with Gasteiger partial charge in [0.15, 0.2) is 0 Å². The quantitative estimate of drug-likeness (QED) is 0.800. The van der Waals surface area contributed by atoms with Crippen LogP contribution in [0.5, 0.6) is 0 Å². The van der Waals surface area contributed by atoms with Gasteiger partial charge >= 0.3 is 5.97 Å². The van der Waals surface area contributed by atoms with Crippen LogP contribution < -0.4 is 4.90 Å². The predicted octanol–water partition coefficient (Wildman–Crippen LogP) is 1.22. The van der Waals surface area contributed by atoms with Crippen molar-refractivity contribution in [3.8, 4) is 0 Å². The number of aromatic nitrogens is 1. The van der Waals surface area contributed by atoms with Gasteiger partial charge in [0.05, 0.1) is 12.7 Å². The zero-order valence-electron chi connectivity index (χ0n) is 10.7. The van der Waals surface area contributed by atoms with Gasteiger partial charge in [-0.3, -0.25) is 0 Å². The summed E-state index contributed by atoms with van der Waals surface area (Å²) in [5.74, 6) is 0.188. The molecule has 1 unspecified atom stereocenters. The molecule has 0 spiro atoms. The highest BCUT2D eigenvalue weighted by Gasteiger charge is 2.30. The van der Waals surface area contributed by atoms with Crippen molar-refractivity contribution >= 4 is 11.8 Å². The fraction of sp³-hybridized carbons (Fsp3) is 0.538. The van der Waals surface area contributed by atoms with Crippen LogP contribution in [0.3, 0.4) is 0 Å². The van der Waals surface area contributed by atoms with E-state index in [0.717, 1.165) is 19.4 Å². The summed E-state index contributed by atoms with van der Waals surface area (Å²) in [6.45, 7) is 3.07. The number of β-amino-alcohol motifs (C(OH)–C–C–N with tert-alkyl or cyclic N) is 1. The minimum absolute atomic E-state index is 0.400. The molecule has 0 radical (unpaired) electrons. The van der Waals surface area contributed by atoms with Gasteiger partial charge in [-0.05, 0) is 31.9 Å². The number of ether oxygens (including phenoxy) is 1. The van der Waals surface area contributed by atoms with Crippen molar-refractivity contribution in [2.45, 2.75) is 25.4 Å². The highest BCUT2D eigenvalue weighted by Crippen LogP contribution is 2.26. The van der Waals surface area contributed by atoms with E-state index in [1.807, 2.05) is 4.90 Å². The van der Waals surface area contributed by atoms with Crippen LogP contribution in [0.2, 0.25) is 0 Å². The highest BCUT2D eigenvalue weighted by molar-refractivity contribution is 5.94. The van der Waals surface area contributed by atoms with Crippen LogP contribution in [0.1, 0.15) is 30.1 Å². The number of rotatable bonds is 2. The number of carbonyl (C=O) groups is 1. The number of aliphatic hydroxyl groups is 1. The summed E-state index contributed by atoms with van der Waals surface area (Å²) in [5.41, 5.74) is -0.291. The number of pyridine rings is 1. The number of carbonyl (C=O) groups excluding carboxylic acids is 1. The van der Waals surface area contributed by atoms with Crippen molar-refractivity contribution < 1.29 is 14.6 Å². The summed E-state index contributed by atoms with van der Waals surface area (Å²) in [6, 6.07) is 3.40. The molecule has 0 bridgehead atoms. The van der Waals surface area contributed by atoms with E-state index in [1.165, 1.54) is 7.11 Å². The summed E-state index contributed by atoms with van der Waals surface area (Å²) in [6.07, 6.45) is 3.29. The van der Waals surface area contributed by atoms with Crippen LogP contribution in [0.4, 0.5) is 5.82 Å². The van der Waals surface area contributed by atoms with Crippen LogP contribution in [-0.2, 0) is 4.74 Å². The molecule has 0 amide bonds. The van der Waals surface area contributed by atoms with Gasteiger partial charge in [-0.2, -0.15) is 0 Å². The van der Waals surface area contributed by atoms with Gasteiger partial charge in [-0.1, -0.05) is 0 Å². The number of piperidine rings is 1. The molecular formula is C13H18N2O3. The van der Waals surface area contributed by atoms with E-state index >= 15 is 0 Å². The second kappa shape index (κ2) is 4.94. The molecule has 0 saturated carbocycles. The molecule has 1 saturated heterocycles. The summed E-state index contributed by atoms with van der Waals surface area (Å²) in [4.78, 5) is 17.9. The first kappa shape index (κ1) is 12.8. The molecule has 1 atom stereocenters. The standard InChI is InChI=1S/C13H18N2O3/c1-13(17)6-4-8-15(9-13)11-10(12(16)18-2)5-3-7-14-11/h3,5,7,17H,4,6,8-9H2,1-2H3. The van der Waals surface area contributed by atoms with E-state index in [9.17, 15) is 9.90 Å². The second-order valence-corrected chi connectivity index (χ2v) is 4.89. The molecule has 1 aliphatic rings. The van der Waals surface area contributed by atoms with Crippen LogP contribution in [0.15, 0.2) is 18.3 Å². The van der Waals surface area contributed by atoms with Gasteiger partial charge in [-0.15, -0.1) is 0 Å². The monoisotopic (exact) mass is 250 g/mol. The van der Waals surface area contributed by atoms with E-state index in [2.05, 4.69) is 4.98 Å². The van der Waals surface area contributed by atoms with E-state index in [0.29, 0.717) is 17.9 Å². The van der Waals surface area contributed by atoms with Crippen LogP contribution >= 0.6 is 0 Å². The molecule has 0 aliphatic carbocycles. The molecule has 5 heteroatoms. The Morgan fingerprint density at radius 1 is 1.61 bits per heavy atom. The van der Waals surface area contributed by atoms with Gasteiger partial charge in [0.1, 0.15) is 11.4 Å². The summed E-state index contributed by atoms with van der Waals surface area (Å²) >= 11 is 0. The molecule has 2 heterocycles. The molecule has 0 aromatic carbocycles. The van der Waals surface area contributed by atoms with E-state index in [4.69, 9.17) is 4.74 Å². The lowest BCUT2D eigenvalue weighted by Crippen LogP contribution is -2.47. The van der Waals surface area contributed by atoms with Gasteiger partial charge < -0.3 is 14.7 Å². The first-order valence-electron chi connectivity index (χ1n) is 6.04. The summed E-state index contributed by atoms with van der Waals surface area (Å²) in [7, 11) is 1.35. The number of nitrogens with zero attached hydrogens (tertiary/aromatic N) is 2. The molecule has 2 rings (SSSR count). The first-order chi connectivity index (χ1) is 8.53. The Morgan fingerprint density at radius 2 is 2.39 bits per heavy atom. The summed E-state index contributed by atoms with van der Waals surface area (Å²) < 4.78 is 4.75. The normalized spacial score (nSPS) is 23.8. The molecular weight excluding hydrogens is 232 g/mol. The fourth-order valence-electron chi connectivity index (χ4n) is 2.32. The van der Waals surface area contributed by atoms with Crippen molar-refractivity contribution in [3.05, 3.63) is 23.9 Å². The van der Waals surface area contributed by atoms with Gasteiger partial charge in [-0.25, -0.2) is 9.78 Å². The van der Waals surface area contributed by atoms with Gasteiger partial charge in [0.2, 0.25) is 0 Å². The molecule has 1 aromatic rings. The van der Waals surface area contributed by atoms with Crippen LogP contribution in [0, 0.1) is 0 Å². The van der Waals surface area contributed by atoms with Gasteiger partial charge in [0, 0.05) is 19.3 Å². The average Bonchev–Trinajstić information content (AvgIpc) is 2.36. The maximum Gasteiger partial charge on any atom is 0.341 e. The molecule has 1 aliphatic heterocycles. The third-order valence-electron chi connectivity index (χ3n) is 3.17. The molecule has 18 heavy (non-hydrogen) atoms. The highest BCUT2D eigenvalue weighted by atomic mass is 16.5. The number of anilines is 1. The Morgan fingerprint density at radius 3 is 3.06 bits per heavy atom. The number of hydrogen-bond acceptors (Lipinski definition) is 5. The zero-order chi connectivity index (χ0) is 13.2. The topological polar surface area (TPSA) is 62.7 Å². The Hall–Kier alpha value is -1.62. The third kappa shape index (κ3) is 2.61. The minimum atomic E-state index is -0.733. The number of esters is 1. The van der Waals surface area contributed by atoms with Crippen molar-refractivity contribution in [2.24, 2.45) is 0 Å². The largest absolute Gasteiger partial charge is 0.465 e. The fourth-order valence-corrected chi connectivity index (χ4v) is 2.32. The minimum Gasteiger partial charge on any atom is -0.465 e. The van der Waals surface area contributed by atoms with Crippen molar-refractivity contribution in [1.82, 2.24) is 4.98 Å². The molecule has 1 N–H and O–H groups in total. The maximum atomic E-state index is 11.7. The first-order valence-corrected chi connectivity index (χ1v) is 6.04. The van der Waals surface area contributed by atoms with Crippen LogP contribution in [0.25, 0.3) is 0 Å². The Balaban J connectivity index is 2.30. The Kier molecular flexibility index (Phi) is 3.52. The lowest BCUT2D eigenvalue weighted by Gasteiger charge is -2.38. The lowest BCUT2D eigenvalue weighted by molar-refractivity contribution is 0.0442. The van der Waals surface area contributed by atoms with Crippen molar-refractivity contribution in [2.75, 3.05) is 25.1 Å². The molecule has 1 fully saturated rings. The number of methoxy groups -OCH3 is 1. The molecule has 98 valence electrons. The summed E-state index contributed by atoms with van der Waals surface area (Å²) in [5, 5.41) is 10.1. The zero-order valence-corrected chi connectivity index (χ0v) is 10.7. The smallest absolute Gasteiger partial charge is 0.341 e. The van der Waals surface area contributed by atoms with Crippen molar-refractivity contribution in [1.29, 1.82) is 0 Å². The Labute approximate surface area is 106 Å². The van der Waals surface area contributed by atoms with Crippen molar-refractivity contribution in [3.63, 3.8) is 0 Å². The van der Waals surface area contributed by atoms with E-state index < -0.39 is 11.6 Å². The lowest BCUT2D eigenvalue weighted by atomic mass is 9.95. The second-order valence-electron chi connectivity index (χ2n) is 4.89. The van der Waals surface area contributed by atoms with Crippen LogP contribution in [-0.4, -0.2) is 41.9 Å². The molecule has 5 nitrogen and oxygen atoms in total. The maximum absolute atomic E-state index is 11.7. The van der Waals surface area contributed by atoms with Gasteiger partial charge in [0.25, 0.3) is 0 Å². The van der Waals surface area contributed by atoms with E-state index in [1.54, 1.807) is 25.3 Å². The SMILES string of the molecule is COC(=O)c1cccnc1N1CCCC(C)(O)C1. The Bertz CT molecular complexity index is 446. The third-order valence-corrected chi connectivity index (χ3v) is 3.17. The predicted molar refractivity (Wildman–Crippen MR) is 67.6 cm³/mol. The van der Waals surface area contributed by atoms with E-state index in [-0.39, 0.29) is 0 Å². The average molecular weight is 250 g/mol. The number of hydrogen-bond donors (Lipinski definition) is 1. The molecule has 1 aromatic heterocycles.